The minimum Gasteiger partial charge on any atom is -0.309 e. The smallest absolute Gasteiger partial charge is 0.0619 e. The van der Waals surface area contributed by atoms with Crippen molar-refractivity contribution in [2.45, 2.75) is 0 Å². The molecule has 0 spiro atoms. The number of aromatic nitrogens is 1. The highest BCUT2D eigenvalue weighted by Crippen LogP contribution is 2.58. The molecule has 16 aromatic carbocycles. The first-order chi connectivity index (χ1) is 43.3. The van der Waals surface area contributed by atoms with Gasteiger partial charge in [-0.2, -0.15) is 0 Å². The van der Waals surface area contributed by atoms with Gasteiger partial charge in [-0.1, -0.05) is 309 Å². The van der Waals surface area contributed by atoms with Crippen LogP contribution in [0.5, 0.6) is 0 Å². The second-order valence-corrected chi connectivity index (χ2v) is 22.9. The number of hydrogen-bond donors (Lipinski definition) is 0. The standard InChI is InChI=1S/C86H55N/c1-9-29-56(30-10-1)72-55-71(57-51-53-64(54-52-57)86-75(59-33-13-3-14-34-59)66-45-25-26-50-73(66)87(86)65-43-23-8-24-44-65)74(58-31-11-2-12-32-58)83-68-47-28-49-70-81(68)80-67(82(72)83)46-27-48-69(80)84-78(62-39-19-6-20-40-62)76(60-35-15-4-16-36-60)77(61-37-17-5-18-38-61)79(85(70)84)63-41-21-7-22-42-63/h1-55H. The third-order valence-corrected chi connectivity index (χ3v) is 18.1. The van der Waals surface area contributed by atoms with Crippen molar-refractivity contribution in [3.63, 3.8) is 0 Å². The van der Waals surface area contributed by atoms with E-state index in [1.165, 1.54) is 154 Å². The molecular weight excluding hydrogens is 1050 g/mol. The molecule has 0 aliphatic heterocycles. The Morgan fingerprint density at radius 2 is 0.483 bits per heavy atom. The lowest BCUT2D eigenvalue weighted by Gasteiger charge is -2.28. The van der Waals surface area contributed by atoms with Crippen LogP contribution in [0.2, 0.25) is 0 Å². The quantitative estimate of drug-likeness (QED) is 0.0950. The fourth-order valence-corrected chi connectivity index (χ4v) is 14.6. The summed E-state index contributed by atoms with van der Waals surface area (Å²) < 4.78 is 2.45. The van der Waals surface area contributed by atoms with E-state index in [4.69, 9.17) is 0 Å². The monoisotopic (exact) mass is 1100 g/mol. The van der Waals surface area contributed by atoms with Crippen molar-refractivity contribution >= 4 is 64.8 Å². The highest BCUT2D eigenvalue weighted by Gasteiger charge is 2.31. The zero-order chi connectivity index (χ0) is 57.4. The van der Waals surface area contributed by atoms with Crippen molar-refractivity contribution in [2.24, 2.45) is 0 Å². The van der Waals surface area contributed by atoms with Gasteiger partial charge in [0.15, 0.2) is 0 Å². The van der Waals surface area contributed by atoms with Gasteiger partial charge >= 0.3 is 0 Å². The predicted molar refractivity (Wildman–Crippen MR) is 371 cm³/mol. The van der Waals surface area contributed by atoms with Crippen LogP contribution in [0.1, 0.15) is 0 Å². The Morgan fingerprint density at radius 1 is 0.172 bits per heavy atom. The second-order valence-electron chi connectivity index (χ2n) is 22.9. The summed E-state index contributed by atoms with van der Waals surface area (Å²) in [5.41, 5.74) is 23.8. The summed E-state index contributed by atoms with van der Waals surface area (Å²) >= 11 is 0. The van der Waals surface area contributed by atoms with Crippen molar-refractivity contribution in [1.29, 1.82) is 0 Å². The van der Waals surface area contributed by atoms with Gasteiger partial charge in [0.2, 0.25) is 0 Å². The van der Waals surface area contributed by atoms with E-state index >= 15 is 0 Å². The third kappa shape index (κ3) is 8.01. The molecule has 0 aliphatic rings. The lowest BCUT2D eigenvalue weighted by atomic mass is 9.74. The Balaban J connectivity index is 1.04. The Labute approximate surface area is 505 Å². The van der Waals surface area contributed by atoms with E-state index in [2.05, 4.69) is 338 Å². The molecule has 17 aromatic rings. The maximum Gasteiger partial charge on any atom is 0.0619 e. The van der Waals surface area contributed by atoms with Crippen LogP contribution < -0.4 is 0 Å². The van der Waals surface area contributed by atoms with Crippen LogP contribution in [0.15, 0.2) is 334 Å². The molecule has 1 heteroatoms. The summed E-state index contributed by atoms with van der Waals surface area (Å²) in [4.78, 5) is 0. The summed E-state index contributed by atoms with van der Waals surface area (Å²) in [6.45, 7) is 0. The molecular formula is C86H55N. The van der Waals surface area contributed by atoms with Crippen LogP contribution in [0.3, 0.4) is 0 Å². The van der Waals surface area contributed by atoms with Crippen LogP contribution >= 0.6 is 0 Å². The van der Waals surface area contributed by atoms with E-state index in [1.54, 1.807) is 0 Å². The van der Waals surface area contributed by atoms with Crippen molar-refractivity contribution in [3.05, 3.63) is 334 Å². The molecule has 1 heterocycles. The maximum atomic E-state index is 2.51. The topological polar surface area (TPSA) is 4.93 Å². The van der Waals surface area contributed by atoms with Crippen molar-refractivity contribution < 1.29 is 0 Å². The number of benzene rings is 16. The first kappa shape index (κ1) is 50.2. The van der Waals surface area contributed by atoms with Crippen LogP contribution in [0.25, 0.3) is 171 Å². The van der Waals surface area contributed by atoms with Crippen LogP contribution in [0, 0.1) is 0 Å². The minimum atomic E-state index is 1.13. The Morgan fingerprint density at radius 3 is 0.931 bits per heavy atom. The van der Waals surface area contributed by atoms with Crippen LogP contribution in [0.4, 0.5) is 0 Å². The normalized spacial score (nSPS) is 11.7. The van der Waals surface area contributed by atoms with E-state index < -0.39 is 0 Å². The van der Waals surface area contributed by atoms with Crippen molar-refractivity contribution in [2.75, 3.05) is 0 Å². The van der Waals surface area contributed by atoms with Gasteiger partial charge in [0.05, 0.1) is 11.2 Å². The minimum absolute atomic E-state index is 1.13. The average Bonchev–Trinajstić information content (AvgIpc) is 1.28. The van der Waals surface area contributed by atoms with Gasteiger partial charge in [-0.05, 0) is 167 Å². The maximum absolute atomic E-state index is 2.51. The first-order valence-electron chi connectivity index (χ1n) is 30.2. The largest absolute Gasteiger partial charge is 0.309 e. The van der Waals surface area contributed by atoms with Crippen molar-refractivity contribution in [1.82, 2.24) is 4.57 Å². The second kappa shape index (κ2) is 20.7. The number of nitrogens with zero attached hydrogens (tertiary/aromatic N) is 1. The Bertz CT molecular complexity index is 5330. The van der Waals surface area contributed by atoms with E-state index in [-0.39, 0.29) is 0 Å². The van der Waals surface area contributed by atoms with Crippen LogP contribution in [-0.4, -0.2) is 4.57 Å². The van der Waals surface area contributed by atoms with Gasteiger partial charge in [-0.3, -0.25) is 0 Å². The molecule has 0 unspecified atom stereocenters. The third-order valence-electron chi connectivity index (χ3n) is 18.1. The molecule has 0 fully saturated rings. The molecule has 0 bridgehead atoms. The molecule has 404 valence electrons. The molecule has 87 heavy (non-hydrogen) atoms. The van der Waals surface area contributed by atoms with Gasteiger partial charge in [0.1, 0.15) is 0 Å². The van der Waals surface area contributed by atoms with Gasteiger partial charge < -0.3 is 4.57 Å². The summed E-state index contributed by atoms with van der Waals surface area (Å²) in [6, 6.07) is 124. The SMILES string of the molecule is c1ccc(-c2c(-c3ccccc3)c(-c3ccccc3)c3c4cccc5c6c(-c7ccccc7)c(-c7ccc(-c8c(-c9ccccc9)c9ccccc9n8-c8ccccc8)cc7)cc(-c7ccccc7)c6c6cccc(c3c2-c2ccccc2)c6c54)cc1. The molecule has 0 atom stereocenters. The van der Waals surface area contributed by atoms with Crippen molar-refractivity contribution in [3.8, 4) is 106 Å². The molecule has 0 N–H and O–H groups in total. The summed E-state index contributed by atoms with van der Waals surface area (Å²) in [7, 11) is 0. The molecule has 1 aromatic heterocycles. The molecule has 0 saturated carbocycles. The highest BCUT2D eigenvalue weighted by molar-refractivity contribution is 6.46. The number of rotatable bonds is 10. The first-order valence-corrected chi connectivity index (χ1v) is 30.2. The zero-order valence-corrected chi connectivity index (χ0v) is 47.7. The fourth-order valence-electron chi connectivity index (χ4n) is 14.6. The molecule has 0 aliphatic carbocycles. The van der Waals surface area contributed by atoms with E-state index in [0.717, 1.165) is 16.8 Å². The van der Waals surface area contributed by atoms with Gasteiger partial charge in [0, 0.05) is 16.6 Å². The molecule has 0 saturated heterocycles. The van der Waals surface area contributed by atoms with E-state index in [0.29, 0.717) is 0 Å². The lowest BCUT2D eigenvalue weighted by Crippen LogP contribution is -2.00. The highest BCUT2D eigenvalue weighted by atomic mass is 15.0. The molecule has 17 rings (SSSR count). The number of fused-ring (bicyclic) bond motifs is 7. The molecule has 0 amide bonds. The van der Waals surface area contributed by atoms with E-state index in [1.807, 2.05) is 0 Å². The zero-order valence-electron chi connectivity index (χ0n) is 47.7. The summed E-state index contributed by atoms with van der Waals surface area (Å²) in [5.74, 6) is 0. The summed E-state index contributed by atoms with van der Waals surface area (Å²) in [5, 5.41) is 13.7. The number of para-hydroxylation sites is 2. The van der Waals surface area contributed by atoms with Gasteiger partial charge in [0.25, 0.3) is 0 Å². The molecule has 0 radical (unpaired) electrons. The Hall–Kier alpha value is -11.4. The Kier molecular flexibility index (Phi) is 12.0. The number of hydrogen-bond acceptors (Lipinski definition) is 0. The fraction of sp³-hybridized carbons (Fsp3) is 0. The van der Waals surface area contributed by atoms with Gasteiger partial charge in [-0.15, -0.1) is 0 Å². The average molecular weight is 1100 g/mol. The van der Waals surface area contributed by atoms with Gasteiger partial charge in [-0.25, -0.2) is 0 Å². The molecule has 1 nitrogen and oxygen atoms in total. The summed E-state index contributed by atoms with van der Waals surface area (Å²) in [6.07, 6.45) is 0. The van der Waals surface area contributed by atoms with Crippen LogP contribution in [-0.2, 0) is 0 Å². The predicted octanol–water partition coefficient (Wildman–Crippen LogP) is 23.8. The lowest BCUT2D eigenvalue weighted by molar-refractivity contribution is 1.13. The van der Waals surface area contributed by atoms with E-state index in [9.17, 15) is 0 Å².